The Hall–Kier alpha value is -1.60. The van der Waals surface area contributed by atoms with E-state index in [1.54, 1.807) is 35.2 Å². The predicted molar refractivity (Wildman–Crippen MR) is 99.5 cm³/mol. The first-order chi connectivity index (χ1) is 11.0. The molecule has 1 fully saturated rings. The summed E-state index contributed by atoms with van der Waals surface area (Å²) in [5.41, 5.74) is 6.77. The van der Waals surface area contributed by atoms with Crippen LogP contribution in [0.2, 0.25) is 5.02 Å². The molecule has 24 heavy (non-hydrogen) atoms. The summed E-state index contributed by atoms with van der Waals surface area (Å²) < 4.78 is 0. The number of rotatable bonds is 3. The smallest absolute Gasteiger partial charge is 0.265 e. The number of hydrogen-bond donors (Lipinski definition) is 2. The first-order valence-corrected chi connectivity index (χ1v) is 8.49. The fourth-order valence-electron chi connectivity index (χ4n) is 2.50. The molecule has 0 aliphatic carbocycles. The van der Waals surface area contributed by atoms with E-state index >= 15 is 0 Å². The molecule has 3 rings (SSSR count). The second-order valence-electron chi connectivity index (χ2n) is 5.43. The maximum atomic E-state index is 12.5. The monoisotopic (exact) mass is 385 g/mol. The van der Waals surface area contributed by atoms with Gasteiger partial charge in [0.2, 0.25) is 0 Å². The second kappa shape index (κ2) is 7.98. The van der Waals surface area contributed by atoms with Crippen molar-refractivity contribution in [3.63, 3.8) is 0 Å². The zero-order valence-electron chi connectivity index (χ0n) is 12.7. The van der Waals surface area contributed by atoms with Gasteiger partial charge in [0, 0.05) is 24.7 Å². The Balaban J connectivity index is 0.00000208. The van der Waals surface area contributed by atoms with E-state index in [0.717, 1.165) is 6.42 Å². The third-order valence-corrected chi connectivity index (χ3v) is 4.92. The van der Waals surface area contributed by atoms with E-state index in [-0.39, 0.29) is 30.3 Å². The van der Waals surface area contributed by atoms with Crippen molar-refractivity contribution in [1.29, 1.82) is 0 Å². The van der Waals surface area contributed by atoms with Gasteiger partial charge in [-0.05, 0) is 36.1 Å². The summed E-state index contributed by atoms with van der Waals surface area (Å²) in [6.45, 7) is 1.21. The fraction of sp³-hybridized carbons (Fsp3) is 0.250. The lowest BCUT2D eigenvalue weighted by atomic mass is 10.1. The number of halogens is 2. The number of nitrogens with one attached hydrogen (secondary N) is 1. The van der Waals surface area contributed by atoms with Crippen LogP contribution in [0.5, 0.6) is 0 Å². The van der Waals surface area contributed by atoms with Crippen molar-refractivity contribution >= 4 is 52.8 Å². The minimum absolute atomic E-state index is 0. The molecule has 3 N–H and O–H groups in total. The SMILES string of the molecule is Cl.N[C@@H]1CCN(C(=O)c2ccc(Cl)c(NC(=O)c3cccs3)c2)C1. The Morgan fingerprint density at radius 3 is 2.75 bits per heavy atom. The van der Waals surface area contributed by atoms with Crippen molar-refractivity contribution in [2.75, 3.05) is 18.4 Å². The quantitative estimate of drug-likeness (QED) is 0.851. The van der Waals surface area contributed by atoms with Crippen molar-refractivity contribution < 1.29 is 9.59 Å². The molecule has 1 aliphatic heterocycles. The van der Waals surface area contributed by atoms with Crippen LogP contribution in [0, 0.1) is 0 Å². The Morgan fingerprint density at radius 1 is 1.33 bits per heavy atom. The summed E-state index contributed by atoms with van der Waals surface area (Å²) in [6, 6.07) is 8.46. The van der Waals surface area contributed by atoms with Crippen molar-refractivity contribution in [2.45, 2.75) is 12.5 Å². The van der Waals surface area contributed by atoms with Crippen molar-refractivity contribution in [2.24, 2.45) is 5.73 Å². The van der Waals surface area contributed by atoms with Gasteiger partial charge < -0.3 is 16.0 Å². The highest BCUT2D eigenvalue weighted by atomic mass is 35.5. The van der Waals surface area contributed by atoms with Crippen LogP contribution >= 0.6 is 35.3 Å². The molecule has 5 nitrogen and oxygen atoms in total. The number of nitrogens with zero attached hydrogens (tertiary/aromatic N) is 1. The highest BCUT2D eigenvalue weighted by Gasteiger charge is 2.25. The molecular weight excluding hydrogens is 369 g/mol. The van der Waals surface area contributed by atoms with Crippen LogP contribution < -0.4 is 11.1 Å². The first-order valence-electron chi connectivity index (χ1n) is 7.24. The molecule has 0 unspecified atom stereocenters. The molecule has 1 aromatic carbocycles. The molecule has 1 saturated heterocycles. The number of carbonyl (C=O) groups excluding carboxylic acids is 2. The summed E-state index contributed by atoms with van der Waals surface area (Å²) in [6.07, 6.45) is 0.807. The van der Waals surface area contributed by atoms with Gasteiger partial charge in [-0.2, -0.15) is 0 Å². The second-order valence-corrected chi connectivity index (χ2v) is 6.78. The third-order valence-electron chi connectivity index (χ3n) is 3.72. The number of nitrogens with two attached hydrogens (primary N) is 1. The summed E-state index contributed by atoms with van der Waals surface area (Å²) in [4.78, 5) is 26.9. The molecule has 8 heteroatoms. The number of carbonyl (C=O) groups is 2. The molecule has 0 radical (unpaired) electrons. The Morgan fingerprint density at radius 2 is 2.12 bits per heavy atom. The van der Waals surface area contributed by atoms with Gasteiger partial charge >= 0.3 is 0 Å². The van der Waals surface area contributed by atoms with Gasteiger partial charge in [0.1, 0.15) is 0 Å². The molecule has 0 saturated carbocycles. The van der Waals surface area contributed by atoms with E-state index in [9.17, 15) is 9.59 Å². The standard InChI is InChI=1S/C16H16ClN3O2S.ClH/c17-12-4-3-10(16(22)20-6-5-11(18)9-20)8-13(12)19-15(21)14-2-1-7-23-14;/h1-4,7-8,11H,5-6,9,18H2,(H,19,21);1H/t11-;/m1./s1. The van der Waals surface area contributed by atoms with E-state index in [1.165, 1.54) is 11.3 Å². The minimum Gasteiger partial charge on any atom is -0.337 e. The normalized spacial score (nSPS) is 16.6. The molecule has 1 atom stereocenters. The van der Waals surface area contributed by atoms with Gasteiger partial charge in [-0.3, -0.25) is 9.59 Å². The van der Waals surface area contributed by atoms with Crippen LogP contribution in [0.3, 0.4) is 0 Å². The van der Waals surface area contributed by atoms with Crippen LogP contribution in [0.25, 0.3) is 0 Å². The average molecular weight is 386 g/mol. The van der Waals surface area contributed by atoms with E-state index in [2.05, 4.69) is 5.32 Å². The molecule has 1 aliphatic rings. The van der Waals surface area contributed by atoms with Gasteiger partial charge in [0.15, 0.2) is 0 Å². The number of benzene rings is 1. The van der Waals surface area contributed by atoms with Crippen LogP contribution in [0.1, 0.15) is 26.5 Å². The molecule has 2 amide bonds. The number of hydrogen-bond acceptors (Lipinski definition) is 4. The van der Waals surface area contributed by atoms with E-state index in [0.29, 0.717) is 34.2 Å². The minimum atomic E-state index is -0.241. The molecule has 2 aromatic rings. The van der Waals surface area contributed by atoms with E-state index in [4.69, 9.17) is 17.3 Å². The molecule has 0 bridgehead atoms. The van der Waals surface area contributed by atoms with Crippen LogP contribution in [-0.4, -0.2) is 35.8 Å². The lowest BCUT2D eigenvalue weighted by molar-refractivity contribution is 0.0790. The van der Waals surface area contributed by atoms with E-state index < -0.39 is 0 Å². The van der Waals surface area contributed by atoms with Gasteiger partial charge in [0.25, 0.3) is 11.8 Å². The zero-order valence-corrected chi connectivity index (χ0v) is 15.1. The van der Waals surface area contributed by atoms with Crippen LogP contribution in [0.4, 0.5) is 5.69 Å². The lowest BCUT2D eigenvalue weighted by Crippen LogP contribution is -2.31. The van der Waals surface area contributed by atoms with Crippen molar-refractivity contribution in [3.05, 3.63) is 51.2 Å². The molecule has 0 spiro atoms. The van der Waals surface area contributed by atoms with Crippen LogP contribution in [0.15, 0.2) is 35.7 Å². The van der Waals surface area contributed by atoms with Gasteiger partial charge in [-0.15, -0.1) is 23.7 Å². The molecule has 1 aromatic heterocycles. The fourth-order valence-corrected chi connectivity index (χ4v) is 3.28. The Kier molecular flexibility index (Phi) is 6.23. The summed E-state index contributed by atoms with van der Waals surface area (Å²) in [5, 5.41) is 4.97. The molecule has 2 heterocycles. The Labute approximate surface area is 155 Å². The Bertz CT molecular complexity index is 737. The maximum Gasteiger partial charge on any atom is 0.265 e. The zero-order chi connectivity index (χ0) is 16.4. The van der Waals surface area contributed by atoms with Crippen molar-refractivity contribution in [3.8, 4) is 0 Å². The van der Waals surface area contributed by atoms with Gasteiger partial charge in [0.05, 0.1) is 15.6 Å². The number of anilines is 1. The summed E-state index contributed by atoms with van der Waals surface area (Å²) in [5.74, 6) is -0.337. The van der Waals surface area contributed by atoms with Gasteiger partial charge in [-0.25, -0.2) is 0 Å². The number of thiophene rings is 1. The average Bonchev–Trinajstić information content (AvgIpc) is 3.20. The lowest BCUT2D eigenvalue weighted by Gasteiger charge is -2.16. The number of amides is 2. The maximum absolute atomic E-state index is 12.5. The van der Waals surface area contributed by atoms with Gasteiger partial charge in [-0.1, -0.05) is 17.7 Å². The highest BCUT2D eigenvalue weighted by Crippen LogP contribution is 2.25. The largest absolute Gasteiger partial charge is 0.337 e. The highest BCUT2D eigenvalue weighted by molar-refractivity contribution is 7.12. The first kappa shape index (κ1) is 18.7. The molecule has 128 valence electrons. The van der Waals surface area contributed by atoms with Crippen molar-refractivity contribution in [1.82, 2.24) is 4.90 Å². The van der Waals surface area contributed by atoms with E-state index in [1.807, 2.05) is 5.38 Å². The predicted octanol–water partition coefficient (Wildman–Crippen LogP) is 3.25. The summed E-state index contributed by atoms with van der Waals surface area (Å²) >= 11 is 7.48. The molecular formula is C16H17Cl2N3O2S. The third kappa shape index (κ3) is 4.08. The topological polar surface area (TPSA) is 75.4 Å². The van der Waals surface area contributed by atoms with Crippen LogP contribution in [-0.2, 0) is 0 Å². The summed E-state index contributed by atoms with van der Waals surface area (Å²) in [7, 11) is 0. The number of likely N-dealkylation sites (tertiary alicyclic amines) is 1.